The van der Waals surface area contributed by atoms with Crippen LogP contribution in [0.1, 0.15) is 11.3 Å². The Kier molecular flexibility index (Phi) is 4.37. The van der Waals surface area contributed by atoms with Gasteiger partial charge in [-0.15, -0.1) is 0 Å². The van der Waals surface area contributed by atoms with Crippen LogP contribution >= 0.6 is 11.3 Å². The summed E-state index contributed by atoms with van der Waals surface area (Å²) in [5, 5.41) is 8.91. The predicted molar refractivity (Wildman–Crippen MR) is 107 cm³/mol. The Morgan fingerprint density at radius 2 is 2.04 bits per heavy atom. The number of hydrogen-bond acceptors (Lipinski definition) is 5. The van der Waals surface area contributed by atoms with Gasteiger partial charge in [0.05, 0.1) is 23.0 Å². The number of hydrogen-bond donors (Lipinski definition) is 3. The quantitative estimate of drug-likeness (QED) is 0.374. The first-order valence-corrected chi connectivity index (χ1v) is 9.01. The average Bonchev–Trinajstić information content (AvgIpc) is 3.20. The Bertz CT molecular complexity index is 1080. The largest absolute Gasteiger partial charge is 0.358 e. The molecule has 2 heterocycles. The van der Waals surface area contributed by atoms with Crippen LogP contribution in [0.25, 0.3) is 21.1 Å². The first-order chi connectivity index (χ1) is 12.7. The third kappa shape index (κ3) is 3.29. The van der Waals surface area contributed by atoms with Gasteiger partial charge < -0.3 is 10.3 Å². The van der Waals surface area contributed by atoms with Gasteiger partial charge in [0.15, 0.2) is 5.13 Å². The van der Waals surface area contributed by atoms with Crippen LogP contribution in [0.15, 0.2) is 53.6 Å². The molecule has 2 aromatic carbocycles. The Morgan fingerprint density at radius 3 is 2.92 bits per heavy atom. The molecule has 4 rings (SSSR count). The summed E-state index contributed by atoms with van der Waals surface area (Å²) in [6, 6.07) is 15.9. The molecule has 7 heteroatoms. The molecule has 26 heavy (non-hydrogen) atoms. The maximum absolute atomic E-state index is 12.0. The summed E-state index contributed by atoms with van der Waals surface area (Å²) in [6.07, 6.45) is 1.67. The smallest absolute Gasteiger partial charge is 0.259 e. The zero-order valence-electron chi connectivity index (χ0n) is 14.1. The molecule has 130 valence electrons. The maximum Gasteiger partial charge on any atom is 0.259 e. The predicted octanol–water partition coefficient (Wildman–Crippen LogP) is 3.65. The number of aryl methyl sites for hydroxylation is 1. The van der Waals surface area contributed by atoms with Crippen molar-refractivity contribution >= 4 is 49.7 Å². The van der Waals surface area contributed by atoms with E-state index < -0.39 is 0 Å². The minimum absolute atomic E-state index is 0.115. The minimum atomic E-state index is -0.224. The van der Waals surface area contributed by atoms with Crippen molar-refractivity contribution in [2.75, 3.05) is 11.9 Å². The molecule has 0 aliphatic heterocycles. The normalized spacial score (nSPS) is 11.4. The first-order valence-electron chi connectivity index (χ1n) is 8.19. The van der Waals surface area contributed by atoms with Crippen molar-refractivity contribution in [3.05, 3.63) is 59.8 Å². The van der Waals surface area contributed by atoms with Crippen LogP contribution in [-0.2, 0) is 4.79 Å². The Morgan fingerprint density at radius 1 is 1.23 bits per heavy atom. The van der Waals surface area contributed by atoms with Crippen LogP contribution in [-0.4, -0.2) is 28.6 Å². The third-order valence-electron chi connectivity index (χ3n) is 4.02. The molecule has 0 aliphatic rings. The number of carbonyl (C=O) groups is 1. The number of rotatable bonds is 5. The number of H-pyrrole nitrogens is 1. The standard InChI is InChI=1S/C19H17N5OS/c1-12-14(13-6-2-3-7-15(13)22-12)10-21-24-18(25)11-20-19-23-16-8-4-5-9-17(16)26-19/h2-10,22H,11H2,1H3,(H,20,23)(H,24,25)/b21-10+. The van der Waals surface area contributed by atoms with Gasteiger partial charge in [0, 0.05) is 22.2 Å². The molecular weight excluding hydrogens is 346 g/mol. The summed E-state index contributed by atoms with van der Waals surface area (Å²) >= 11 is 1.52. The number of thiazole rings is 1. The van der Waals surface area contributed by atoms with E-state index in [9.17, 15) is 4.79 Å². The van der Waals surface area contributed by atoms with Gasteiger partial charge in [0.1, 0.15) is 0 Å². The monoisotopic (exact) mass is 363 g/mol. The second-order valence-electron chi connectivity index (χ2n) is 5.84. The number of amides is 1. The highest BCUT2D eigenvalue weighted by Gasteiger charge is 2.07. The van der Waals surface area contributed by atoms with Crippen molar-refractivity contribution < 1.29 is 4.79 Å². The lowest BCUT2D eigenvalue weighted by atomic mass is 10.1. The van der Waals surface area contributed by atoms with Gasteiger partial charge in [-0.1, -0.05) is 41.7 Å². The Hall–Kier alpha value is -3.19. The maximum atomic E-state index is 12.0. The van der Waals surface area contributed by atoms with Crippen LogP contribution in [0.5, 0.6) is 0 Å². The highest BCUT2D eigenvalue weighted by Crippen LogP contribution is 2.25. The van der Waals surface area contributed by atoms with Gasteiger partial charge in [-0.3, -0.25) is 4.79 Å². The number of hydrazone groups is 1. The van der Waals surface area contributed by atoms with E-state index in [0.717, 1.165) is 37.5 Å². The number of carbonyl (C=O) groups excluding carboxylic acids is 1. The number of benzene rings is 2. The van der Waals surface area contributed by atoms with Crippen molar-refractivity contribution in [1.29, 1.82) is 0 Å². The molecule has 0 bridgehead atoms. The van der Waals surface area contributed by atoms with E-state index in [0.29, 0.717) is 0 Å². The van der Waals surface area contributed by atoms with Crippen LogP contribution in [0.2, 0.25) is 0 Å². The van der Waals surface area contributed by atoms with Crippen molar-refractivity contribution in [2.45, 2.75) is 6.92 Å². The van der Waals surface area contributed by atoms with Crippen molar-refractivity contribution in [2.24, 2.45) is 5.10 Å². The van der Waals surface area contributed by atoms with Crippen molar-refractivity contribution in [1.82, 2.24) is 15.4 Å². The van der Waals surface area contributed by atoms with E-state index in [1.807, 2.05) is 55.5 Å². The highest BCUT2D eigenvalue weighted by atomic mass is 32.1. The number of nitrogens with one attached hydrogen (secondary N) is 3. The molecule has 0 aliphatic carbocycles. The van der Waals surface area contributed by atoms with Crippen LogP contribution in [0.4, 0.5) is 5.13 Å². The number of fused-ring (bicyclic) bond motifs is 2. The van der Waals surface area contributed by atoms with Gasteiger partial charge in [0.25, 0.3) is 5.91 Å². The fourth-order valence-electron chi connectivity index (χ4n) is 2.78. The Balaban J connectivity index is 1.37. The number of aromatic nitrogens is 2. The number of nitrogens with zero attached hydrogens (tertiary/aromatic N) is 2. The molecule has 1 amide bonds. The molecule has 4 aromatic rings. The lowest BCUT2D eigenvalue weighted by Gasteiger charge is -2.01. The van der Waals surface area contributed by atoms with Crippen LogP contribution in [0, 0.1) is 6.92 Å². The molecule has 0 atom stereocenters. The zero-order chi connectivity index (χ0) is 17.9. The van der Waals surface area contributed by atoms with E-state index in [1.54, 1.807) is 6.21 Å². The third-order valence-corrected chi connectivity index (χ3v) is 5.01. The fourth-order valence-corrected chi connectivity index (χ4v) is 3.64. The second kappa shape index (κ2) is 6.97. The van der Waals surface area contributed by atoms with Gasteiger partial charge in [-0.05, 0) is 25.1 Å². The molecular formula is C19H17N5OS. The molecule has 0 unspecified atom stereocenters. The van der Waals surface area contributed by atoms with E-state index in [4.69, 9.17) is 0 Å². The van der Waals surface area contributed by atoms with E-state index in [1.165, 1.54) is 11.3 Å². The number of anilines is 1. The van der Waals surface area contributed by atoms with E-state index in [2.05, 4.69) is 25.8 Å². The minimum Gasteiger partial charge on any atom is -0.358 e. The summed E-state index contributed by atoms with van der Waals surface area (Å²) < 4.78 is 1.09. The van der Waals surface area contributed by atoms with Gasteiger partial charge in [0.2, 0.25) is 0 Å². The molecule has 0 radical (unpaired) electrons. The molecule has 0 saturated heterocycles. The van der Waals surface area contributed by atoms with Gasteiger partial charge in [-0.25, -0.2) is 10.4 Å². The lowest BCUT2D eigenvalue weighted by molar-refractivity contribution is -0.119. The highest BCUT2D eigenvalue weighted by molar-refractivity contribution is 7.22. The van der Waals surface area contributed by atoms with Gasteiger partial charge >= 0.3 is 0 Å². The molecule has 0 saturated carbocycles. The van der Waals surface area contributed by atoms with Crippen molar-refractivity contribution in [3.63, 3.8) is 0 Å². The number of para-hydroxylation sites is 2. The molecule has 0 fully saturated rings. The van der Waals surface area contributed by atoms with Crippen LogP contribution in [0.3, 0.4) is 0 Å². The summed E-state index contributed by atoms with van der Waals surface area (Å²) in [5.41, 5.74) is 6.51. The molecule has 6 nitrogen and oxygen atoms in total. The van der Waals surface area contributed by atoms with Crippen molar-refractivity contribution in [3.8, 4) is 0 Å². The fraction of sp³-hybridized carbons (Fsp3) is 0.105. The molecule has 2 aromatic heterocycles. The topological polar surface area (TPSA) is 82.2 Å². The number of aromatic amines is 1. The zero-order valence-corrected chi connectivity index (χ0v) is 14.9. The van der Waals surface area contributed by atoms with Crippen LogP contribution < -0.4 is 10.7 Å². The SMILES string of the molecule is Cc1[nH]c2ccccc2c1/C=N/NC(=O)CNc1nc2ccccc2s1. The van der Waals surface area contributed by atoms with E-state index in [-0.39, 0.29) is 12.5 Å². The summed E-state index contributed by atoms with van der Waals surface area (Å²) in [4.78, 5) is 19.7. The summed E-state index contributed by atoms with van der Waals surface area (Å²) in [6.45, 7) is 2.10. The Labute approximate surface area is 154 Å². The lowest BCUT2D eigenvalue weighted by Crippen LogP contribution is -2.25. The summed E-state index contributed by atoms with van der Waals surface area (Å²) in [7, 11) is 0. The summed E-state index contributed by atoms with van der Waals surface area (Å²) in [5.74, 6) is -0.224. The molecule has 3 N–H and O–H groups in total. The van der Waals surface area contributed by atoms with Gasteiger partial charge in [-0.2, -0.15) is 5.10 Å². The average molecular weight is 363 g/mol. The second-order valence-corrected chi connectivity index (χ2v) is 6.87. The molecule has 0 spiro atoms. The first kappa shape index (κ1) is 16.3. The van der Waals surface area contributed by atoms with E-state index >= 15 is 0 Å².